The largest absolute Gasteiger partial charge is 0.130 e. The number of rotatable bonds is 1. The number of aryl methyl sites for hydroxylation is 1. The van der Waals surface area contributed by atoms with Crippen LogP contribution in [-0.4, -0.2) is 0 Å². The molecule has 2 aromatic rings. The van der Waals surface area contributed by atoms with Gasteiger partial charge in [0, 0.05) is 0 Å². The Labute approximate surface area is 87.5 Å². The maximum Gasteiger partial charge on any atom is -0.00426 e. The van der Waals surface area contributed by atoms with Crippen LogP contribution in [0.1, 0.15) is 23.7 Å². The van der Waals surface area contributed by atoms with Crippen LogP contribution in [0.25, 0.3) is 10.8 Å². The fourth-order valence-corrected chi connectivity index (χ4v) is 1.87. The molecule has 0 nitrogen and oxygen atoms in total. The summed E-state index contributed by atoms with van der Waals surface area (Å²) >= 11 is 0. The number of hydrogen-bond donors (Lipinski definition) is 0. The van der Waals surface area contributed by atoms with Crippen LogP contribution in [0, 0.1) is 6.92 Å². The van der Waals surface area contributed by atoms with Gasteiger partial charge in [-0.3, -0.25) is 0 Å². The summed E-state index contributed by atoms with van der Waals surface area (Å²) in [4.78, 5) is 0. The highest BCUT2D eigenvalue weighted by molar-refractivity contribution is 7.17. The van der Waals surface area contributed by atoms with E-state index in [0.717, 1.165) is 0 Å². The molecular formula is C13H15P. The first-order chi connectivity index (χ1) is 6.66. The van der Waals surface area contributed by atoms with E-state index in [1.54, 1.807) is 0 Å². The number of hydrogen-bond acceptors (Lipinski definition) is 0. The summed E-state index contributed by atoms with van der Waals surface area (Å²) in [6.07, 6.45) is 0. The lowest BCUT2D eigenvalue weighted by molar-refractivity contribution is 1.11. The smallest absolute Gasteiger partial charge is 0.00426 e. The van der Waals surface area contributed by atoms with Crippen molar-refractivity contribution >= 4 is 20.0 Å². The minimum Gasteiger partial charge on any atom is -0.130 e. The van der Waals surface area contributed by atoms with Gasteiger partial charge in [0.05, 0.1) is 0 Å². The van der Waals surface area contributed by atoms with E-state index in [1.807, 2.05) is 0 Å². The molecule has 72 valence electrons. The highest BCUT2D eigenvalue weighted by Gasteiger charge is 2.00. The Hall–Kier alpha value is -0.870. The predicted octanol–water partition coefficient (Wildman–Crippen LogP) is 4.08. The fourth-order valence-electron chi connectivity index (χ4n) is 1.67. The molecule has 0 heterocycles. The predicted molar refractivity (Wildman–Crippen MR) is 66.8 cm³/mol. The van der Waals surface area contributed by atoms with Gasteiger partial charge < -0.3 is 0 Å². The highest BCUT2D eigenvalue weighted by Crippen LogP contribution is 2.26. The third kappa shape index (κ3) is 1.81. The maximum atomic E-state index is 2.83. The molecule has 2 rings (SSSR count). The van der Waals surface area contributed by atoms with Gasteiger partial charge in [-0.05, 0) is 28.9 Å². The van der Waals surface area contributed by atoms with Crippen molar-refractivity contribution in [2.45, 2.75) is 19.5 Å². The van der Waals surface area contributed by atoms with Gasteiger partial charge in [-0.1, -0.05) is 48.9 Å². The minimum atomic E-state index is 0.528. The normalized spacial score (nSPS) is 13.1. The topological polar surface area (TPSA) is 0 Å². The van der Waals surface area contributed by atoms with Crippen molar-refractivity contribution in [2.24, 2.45) is 0 Å². The van der Waals surface area contributed by atoms with E-state index in [0.29, 0.717) is 5.66 Å². The van der Waals surface area contributed by atoms with Crippen LogP contribution in [-0.2, 0) is 0 Å². The van der Waals surface area contributed by atoms with Crippen LogP contribution in [0.15, 0.2) is 36.4 Å². The zero-order valence-electron chi connectivity index (χ0n) is 8.62. The molecule has 0 saturated heterocycles. The molecule has 0 aliphatic rings. The van der Waals surface area contributed by atoms with Gasteiger partial charge in [-0.15, -0.1) is 9.24 Å². The lowest BCUT2D eigenvalue weighted by atomic mass is 10.0. The highest BCUT2D eigenvalue weighted by atomic mass is 31.0. The van der Waals surface area contributed by atoms with Crippen LogP contribution in [0.2, 0.25) is 0 Å². The molecule has 0 spiro atoms. The molecule has 0 aromatic heterocycles. The van der Waals surface area contributed by atoms with E-state index >= 15 is 0 Å². The summed E-state index contributed by atoms with van der Waals surface area (Å²) in [5.41, 5.74) is 3.23. The average molecular weight is 202 g/mol. The fraction of sp³-hybridized carbons (Fsp3) is 0.231. The van der Waals surface area contributed by atoms with Crippen molar-refractivity contribution in [1.29, 1.82) is 0 Å². The van der Waals surface area contributed by atoms with E-state index in [-0.39, 0.29) is 0 Å². The molecule has 1 heteroatoms. The molecule has 0 saturated carbocycles. The summed E-state index contributed by atoms with van der Waals surface area (Å²) in [6.45, 7) is 4.33. The zero-order chi connectivity index (χ0) is 10.1. The molecule has 2 atom stereocenters. The van der Waals surface area contributed by atoms with Gasteiger partial charge in [0.25, 0.3) is 0 Å². The van der Waals surface area contributed by atoms with E-state index in [4.69, 9.17) is 0 Å². The van der Waals surface area contributed by atoms with Crippen LogP contribution < -0.4 is 0 Å². The zero-order valence-corrected chi connectivity index (χ0v) is 9.77. The monoisotopic (exact) mass is 202 g/mol. The van der Waals surface area contributed by atoms with Crippen molar-refractivity contribution in [3.05, 3.63) is 47.5 Å². The van der Waals surface area contributed by atoms with E-state index in [2.05, 4.69) is 59.5 Å². The van der Waals surface area contributed by atoms with Crippen LogP contribution in [0.5, 0.6) is 0 Å². The van der Waals surface area contributed by atoms with Crippen LogP contribution in [0.4, 0.5) is 0 Å². The Kier molecular flexibility index (Phi) is 2.56. The first-order valence-electron chi connectivity index (χ1n) is 4.93. The Balaban J connectivity index is 2.62. The molecule has 0 amide bonds. The Morgan fingerprint density at radius 3 is 2.36 bits per heavy atom. The molecule has 0 N–H and O–H groups in total. The van der Waals surface area contributed by atoms with Gasteiger partial charge in [-0.25, -0.2) is 0 Å². The third-order valence-corrected chi connectivity index (χ3v) is 2.93. The number of fused-ring (bicyclic) bond motifs is 1. The second-order valence-corrected chi connectivity index (χ2v) is 4.90. The van der Waals surface area contributed by atoms with Gasteiger partial charge in [0.2, 0.25) is 0 Å². The average Bonchev–Trinajstić information content (AvgIpc) is 2.16. The van der Waals surface area contributed by atoms with Gasteiger partial charge >= 0.3 is 0 Å². The summed E-state index contributed by atoms with van der Waals surface area (Å²) < 4.78 is 0. The molecule has 0 aliphatic heterocycles. The van der Waals surface area contributed by atoms with Crippen LogP contribution in [0.3, 0.4) is 0 Å². The van der Waals surface area contributed by atoms with Crippen molar-refractivity contribution in [3.8, 4) is 0 Å². The molecular weight excluding hydrogens is 187 g/mol. The molecule has 0 radical (unpaired) electrons. The lowest BCUT2D eigenvalue weighted by Gasteiger charge is -2.07. The molecule has 2 unspecified atom stereocenters. The molecule has 2 aromatic carbocycles. The quantitative estimate of drug-likeness (QED) is 0.611. The van der Waals surface area contributed by atoms with Gasteiger partial charge in [-0.2, -0.15) is 0 Å². The second kappa shape index (κ2) is 3.71. The summed E-state index contributed by atoms with van der Waals surface area (Å²) in [5.74, 6) is 0. The van der Waals surface area contributed by atoms with E-state index in [9.17, 15) is 0 Å². The third-order valence-electron chi connectivity index (χ3n) is 2.55. The summed E-state index contributed by atoms with van der Waals surface area (Å²) in [7, 11) is 2.83. The SMILES string of the molecule is Cc1ccc2cc(C(C)P)ccc2c1. The maximum absolute atomic E-state index is 2.83. The van der Waals surface area contributed by atoms with Gasteiger partial charge in [0.1, 0.15) is 0 Å². The Morgan fingerprint density at radius 2 is 1.64 bits per heavy atom. The standard InChI is InChI=1S/C13H15P/c1-9-3-4-13-8-11(10(2)14)5-6-12(13)7-9/h3-8,10H,14H2,1-2H3. The van der Waals surface area contributed by atoms with E-state index in [1.165, 1.54) is 21.9 Å². The van der Waals surface area contributed by atoms with Crippen molar-refractivity contribution < 1.29 is 0 Å². The van der Waals surface area contributed by atoms with Gasteiger partial charge in [0.15, 0.2) is 0 Å². The van der Waals surface area contributed by atoms with Crippen molar-refractivity contribution in [2.75, 3.05) is 0 Å². The lowest BCUT2D eigenvalue weighted by Crippen LogP contribution is -1.83. The Bertz CT molecular complexity index is 458. The summed E-state index contributed by atoms with van der Waals surface area (Å²) in [6, 6.07) is 13.3. The molecule has 0 aliphatic carbocycles. The minimum absolute atomic E-state index is 0.528. The van der Waals surface area contributed by atoms with Crippen molar-refractivity contribution in [3.63, 3.8) is 0 Å². The van der Waals surface area contributed by atoms with Crippen molar-refractivity contribution in [1.82, 2.24) is 0 Å². The van der Waals surface area contributed by atoms with E-state index < -0.39 is 0 Å². The first-order valence-corrected chi connectivity index (χ1v) is 5.59. The first kappa shape index (κ1) is 9.68. The molecule has 14 heavy (non-hydrogen) atoms. The second-order valence-electron chi connectivity index (χ2n) is 3.90. The van der Waals surface area contributed by atoms with Crippen LogP contribution >= 0.6 is 9.24 Å². The number of benzene rings is 2. The summed E-state index contributed by atoms with van der Waals surface area (Å²) in [5, 5.41) is 2.67. The Morgan fingerprint density at radius 1 is 1.00 bits per heavy atom. The molecule has 0 fully saturated rings. The molecule has 0 bridgehead atoms.